The van der Waals surface area contributed by atoms with Gasteiger partial charge in [-0.3, -0.25) is 0 Å². The van der Waals surface area contributed by atoms with E-state index in [4.69, 9.17) is 34.8 Å². The van der Waals surface area contributed by atoms with Crippen LogP contribution in [-0.4, -0.2) is 11.2 Å². The Morgan fingerprint density at radius 1 is 0.900 bits per heavy atom. The van der Waals surface area contributed by atoms with Gasteiger partial charge in [-0.05, 0) is 29.3 Å². The van der Waals surface area contributed by atoms with Gasteiger partial charge in [-0.15, -0.1) is 0 Å². The van der Waals surface area contributed by atoms with Gasteiger partial charge >= 0.3 is 0 Å². The molecule has 106 valence electrons. The van der Waals surface area contributed by atoms with Gasteiger partial charge in [-0.1, -0.05) is 53.0 Å². The maximum atomic E-state index is 13.8. The van der Waals surface area contributed by atoms with Crippen molar-refractivity contribution in [3.05, 3.63) is 68.4 Å². The summed E-state index contributed by atoms with van der Waals surface area (Å²) in [4.78, 5) is 0. The van der Waals surface area contributed by atoms with Gasteiger partial charge in [0.15, 0.2) is 0 Å². The van der Waals surface area contributed by atoms with E-state index in [1.807, 2.05) is 0 Å². The summed E-state index contributed by atoms with van der Waals surface area (Å²) in [5, 5.41) is 11.1. The van der Waals surface area contributed by atoms with Gasteiger partial charge in [0, 0.05) is 22.9 Å². The van der Waals surface area contributed by atoms with Gasteiger partial charge in [0.05, 0.1) is 11.1 Å². The smallest absolute Gasteiger partial charge is 0.145 e. The molecule has 0 fully saturated rings. The normalized spacial score (nSPS) is 12.4. The van der Waals surface area contributed by atoms with E-state index >= 15 is 0 Å². The van der Waals surface area contributed by atoms with Crippen LogP contribution in [0.1, 0.15) is 11.1 Å². The molecule has 1 N–H and O–H groups in total. The van der Waals surface area contributed by atoms with Gasteiger partial charge in [-0.2, -0.15) is 0 Å². The fourth-order valence-corrected chi connectivity index (χ4v) is 2.74. The van der Waals surface area contributed by atoms with Crippen LogP contribution in [0.15, 0.2) is 36.4 Å². The standard InChI is InChI=1S/C15H12Cl3FO/c16-12-4-2-5-13(17)11(12)8-10(20)7-9-3-1-6-14(18)15(9)19/h1-6,10,20H,7-8H2. The molecule has 5 heteroatoms. The molecule has 0 heterocycles. The number of benzene rings is 2. The number of halogens is 4. The number of rotatable bonds is 4. The number of aliphatic hydroxyl groups excluding tert-OH is 1. The first kappa shape index (κ1) is 15.6. The van der Waals surface area contributed by atoms with E-state index in [9.17, 15) is 9.50 Å². The van der Waals surface area contributed by atoms with Crippen molar-refractivity contribution in [1.82, 2.24) is 0 Å². The van der Waals surface area contributed by atoms with Crippen LogP contribution < -0.4 is 0 Å². The van der Waals surface area contributed by atoms with Crippen molar-refractivity contribution in [3.63, 3.8) is 0 Å². The van der Waals surface area contributed by atoms with Gasteiger partial charge in [0.2, 0.25) is 0 Å². The summed E-state index contributed by atoms with van der Waals surface area (Å²) in [6.07, 6.45) is -0.390. The third kappa shape index (κ3) is 3.64. The Bertz CT molecular complexity index is 596. The lowest BCUT2D eigenvalue weighted by Gasteiger charge is -2.14. The van der Waals surface area contributed by atoms with E-state index < -0.39 is 11.9 Å². The number of hydrogen-bond donors (Lipinski definition) is 1. The molecule has 20 heavy (non-hydrogen) atoms. The Morgan fingerprint density at radius 3 is 2.10 bits per heavy atom. The molecule has 0 radical (unpaired) electrons. The van der Waals surface area contributed by atoms with E-state index in [2.05, 4.69) is 0 Å². The summed E-state index contributed by atoms with van der Waals surface area (Å²) in [7, 11) is 0. The van der Waals surface area contributed by atoms with Crippen LogP contribution >= 0.6 is 34.8 Å². The van der Waals surface area contributed by atoms with Crippen molar-refractivity contribution in [3.8, 4) is 0 Å². The van der Waals surface area contributed by atoms with E-state index in [0.717, 1.165) is 0 Å². The second-order valence-electron chi connectivity index (χ2n) is 4.48. The molecule has 0 amide bonds. The molecule has 0 aliphatic carbocycles. The molecule has 2 aromatic carbocycles. The van der Waals surface area contributed by atoms with Gasteiger partial charge in [0.25, 0.3) is 0 Å². The fraction of sp³-hybridized carbons (Fsp3) is 0.200. The zero-order chi connectivity index (χ0) is 14.7. The third-order valence-electron chi connectivity index (χ3n) is 2.99. The van der Waals surface area contributed by atoms with Crippen LogP contribution in [0.5, 0.6) is 0 Å². The molecule has 1 nitrogen and oxygen atoms in total. The molecule has 0 bridgehead atoms. The van der Waals surface area contributed by atoms with Gasteiger partial charge in [-0.25, -0.2) is 4.39 Å². The van der Waals surface area contributed by atoms with Gasteiger partial charge < -0.3 is 5.11 Å². The zero-order valence-corrected chi connectivity index (χ0v) is 12.7. The first-order valence-electron chi connectivity index (χ1n) is 6.03. The molecule has 0 spiro atoms. The van der Waals surface area contributed by atoms with E-state index in [1.54, 1.807) is 30.3 Å². The van der Waals surface area contributed by atoms with E-state index in [-0.39, 0.29) is 17.9 Å². The van der Waals surface area contributed by atoms with Crippen molar-refractivity contribution in [2.75, 3.05) is 0 Å². The molecular weight excluding hydrogens is 322 g/mol. The van der Waals surface area contributed by atoms with Gasteiger partial charge in [0.1, 0.15) is 5.82 Å². The fourth-order valence-electron chi connectivity index (χ4n) is 2.00. The second-order valence-corrected chi connectivity index (χ2v) is 5.70. The maximum Gasteiger partial charge on any atom is 0.145 e. The van der Waals surface area contributed by atoms with Crippen LogP contribution in [-0.2, 0) is 12.8 Å². The lowest BCUT2D eigenvalue weighted by molar-refractivity contribution is 0.174. The third-order valence-corrected chi connectivity index (χ3v) is 3.99. The predicted octanol–water partition coefficient (Wildman–Crippen LogP) is 4.93. The SMILES string of the molecule is OC(Cc1cccc(Cl)c1F)Cc1c(Cl)cccc1Cl. The van der Waals surface area contributed by atoms with Crippen molar-refractivity contribution in [1.29, 1.82) is 0 Å². The van der Waals surface area contributed by atoms with Crippen molar-refractivity contribution < 1.29 is 9.50 Å². The average molecular weight is 334 g/mol. The summed E-state index contributed by atoms with van der Waals surface area (Å²) in [5.41, 5.74) is 1.03. The highest BCUT2D eigenvalue weighted by Crippen LogP contribution is 2.27. The van der Waals surface area contributed by atoms with Crippen LogP contribution in [0.4, 0.5) is 4.39 Å². The monoisotopic (exact) mass is 332 g/mol. The average Bonchev–Trinajstić information content (AvgIpc) is 2.39. The minimum atomic E-state index is -0.791. The zero-order valence-electron chi connectivity index (χ0n) is 10.4. The quantitative estimate of drug-likeness (QED) is 0.841. The summed E-state index contributed by atoms with van der Waals surface area (Å²) in [5.74, 6) is -0.501. The van der Waals surface area contributed by atoms with Crippen LogP contribution in [0.3, 0.4) is 0 Å². The summed E-state index contributed by atoms with van der Waals surface area (Å²) < 4.78 is 13.8. The Labute approximate surface area is 131 Å². The van der Waals surface area contributed by atoms with E-state index in [1.165, 1.54) is 6.07 Å². The first-order chi connectivity index (χ1) is 9.49. The summed E-state index contributed by atoms with van der Waals surface area (Å²) in [6, 6.07) is 9.86. The molecule has 0 saturated heterocycles. The molecule has 1 atom stereocenters. The molecule has 0 aromatic heterocycles. The topological polar surface area (TPSA) is 20.2 Å². The number of hydrogen-bond acceptors (Lipinski definition) is 1. The predicted molar refractivity (Wildman–Crippen MR) is 81.3 cm³/mol. The molecule has 2 rings (SSSR count). The van der Waals surface area contributed by atoms with E-state index in [0.29, 0.717) is 21.2 Å². The molecule has 1 unspecified atom stereocenters. The Morgan fingerprint density at radius 2 is 1.45 bits per heavy atom. The lowest BCUT2D eigenvalue weighted by atomic mass is 10.0. The molecule has 0 saturated carbocycles. The highest BCUT2D eigenvalue weighted by molar-refractivity contribution is 6.36. The summed E-state index contributed by atoms with van der Waals surface area (Å²) >= 11 is 17.8. The second kappa shape index (κ2) is 6.77. The van der Waals surface area contributed by atoms with Crippen molar-refractivity contribution in [2.45, 2.75) is 18.9 Å². The lowest BCUT2D eigenvalue weighted by Crippen LogP contribution is -2.15. The molecule has 2 aromatic rings. The molecular formula is C15H12Cl3FO. The maximum absolute atomic E-state index is 13.8. The highest BCUT2D eigenvalue weighted by atomic mass is 35.5. The largest absolute Gasteiger partial charge is 0.392 e. The Hall–Kier alpha value is -0.800. The van der Waals surface area contributed by atoms with Crippen molar-refractivity contribution in [2.24, 2.45) is 0 Å². The van der Waals surface area contributed by atoms with Crippen LogP contribution in [0.25, 0.3) is 0 Å². The minimum absolute atomic E-state index is 0.0467. The molecule has 0 aliphatic heterocycles. The van der Waals surface area contributed by atoms with Crippen molar-refractivity contribution >= 4 is 34.8 Å². The highest BCUT2D eigenvalue weighted by Gasteiger charge is 2.15. The minimum Gasteiger partial charge on any atom is -0.392 e. The molecule has 0 aliphatic rings. The Kier molecular flexibility index (Phi) is 5.28. The van der Waals surface area contributed by atoms with Crippen LogP contribution in [0, 0.1) is 5.82 Å². The Balaban J connectivity index is 2.13. The summed E-state index contributed by atoms with van der Waals surface area (Å²) in [6.45, 7) is 0. The van der Waals surface area contributed by atoms with Crippen LogP contribution in [0.2, 0.25) is 15.1 Å². The number of aliphatic hydroxyl groups is 1. The first-order valence-corrected chi connectivity index (χ1v) is 7.16.